The van der Waals surface area contributed by atoms with Crippen molar-refractivity contribution in [3.63, 3.8) is 0 Å². The molecule has 0 aromatic heterocycles. The minimum absolute atomic E-state index is 0.0373. The third-order valence-corrected chi connectivity index (χ3v) is 4.85. The molecule has 26 heavy (non-hydrogen) atoms. The summed E-state index contributed by atoms with van der Waals surface area (Å²) in [7, 11) is 0. The fraction of sp³-hybridized carbons (Fsp3) is 0.895. The highest BCUT2D eigenvalue weighted by atomic mass is 16.7. The predicted molar refractivity (Wildman–Crippen MR) is 97.6 cm³/mol. The molecule has 0 unspecified atom stereocenters. The molecule has 150 valence electrons. The van der Waals surface area contributed by atoms with Crippen molar-refractivity contribution in [2.45, 2.75) is 90.2 Å². The van der Waals surface area contributed by atoms with Gasteiger partial charge in [-0.2, -0.15) is 0 Å². The van der Waals surface area contributed by atoms with Gasteiger partial charge in [0.05, 0.1) is 12.6 Å². The van der Waals surface area contributed by atoms with E-state index in [1.807, 2.05) is 0 Å². The van der Waals surface area contributed by atoms with Crippen LogP contribution in [-0.2, 0) is 19.0 Å². The lowest BCUT2D eigenvalue weighted by Crippen LogP contribution is -2.48. The lowest BCUT2D eigenvalue weighted by molar-refractivity contribution is -0.170. The number of amides is 1. The Labute approximate surface area is 156 Å². The summed E-state index contributed by atoms with van der Waals surface area (Å²) < 4.78 is 16.2. The van der Waals surface area contributed by atoms with E-state index in [4.69, 9.17) is 14.2 Å². The van der Waals surface area contributed by atoms with Gasteiger partial charge in [-0.3, -0.25) is 4.79 Å². The largest absolute Gasteiger partial charge is 0.446 e. The van der Waals surface area contributed by atoms with Crippen LogP contribution in [0.5, 0.6) is 0 Å². The zero-order chi connectivity index (χ0) is 18.9. The Kier molecular flexibility index (Phi) is 8.65. The number of carbonyl (C=O) groups excluding carboxylic acids is 2. The van der Waals surface area contributed by atoms with E-state index < -0.39 is 6.29 Å². The summed E-state index contributed by atoms with van der Waals surface area (Å²) in [5, 5.41) is 6.38. The number of alkyl carbamates (subject to hydrolysis) is 1. The first-order valence-electron chi connectivity index (χ1n) is 9.93. The molecule has 1 amide bonds. The maximum atomic E-state index is 12.3. The third kappa shape index (κ3) is 7.50. The molecule has 1 saturated heterocycles. The van der Waals surface area contributed by atoms with Crippen LogP contribution >= 0.6 is 0 Å². The van der Waals surface area contributed by atoms with Crippen LogP contribution < -0.4 is 10.6 Å². The lowest BCUT2D eigenvalue weighted by atomic mass is 9.98. The van der Waals surface area contributed by atoms with E-state index >= 15 is 0 Å². The Balaban J connectivity index is 1.80. The Bertz CT molecular complexity index is 451. The van der Waals surface area contributed by atoms with Gasteiger partial charge < -0.3 is 24.8 Å². The van der Waals surface area contributed by atoms with Crippen LogP contribution in [0.25, 0.3) is 0 Å². The third-order valence-electron chi connectivity index (χ3n) is 4.85. The second-order valence-electron chi connectivity index (χ2n) is 7.79. The highest BCUT2D eigenvalue weighted by molar-refractivity contribution is 5.67. The van der Waals surface area contributed by atoms with Crippen molar-refractivity contribution in [3.8, 4) is 0 Å². The lowest BCUT2D eigenvalue weighted by Gasteiger charge is -2.27. The molecule has 1 saturated carbocycles. The average molecular weight is 370 g/mol. The quantitative estimate of drug-likeness (QED) is 0.639. The molecule has 2 rings (SSSR count). The first-order chi connectivity index (χ1) is 12.4. The van der Waals surface area contributed by atoms with E-state index in [-0.39, 0.29) is 30.3 Å². The summed E-state index contributed by atoms with van der Waals surface area (Å²) in [5.74, 6) is 0.0949. The van der Waals surface area contributed by atoms with Gasteiger partial charge in [0.1, 0.15) is 6.10 Å². The van der Waals surface area contributed by atoms with Gasteiger partial charge in [0.2, 0.25) is 6.29 Å². The molecule has 0 aromatic carbocycles. The number of hydrogen-bond donors (Lipinski definition) is 2. The fourth-order valence-electron chi connectivity index (χ4n) is 3.63. The first kappa shape index (κ1) is 21.0. The SMILES string of the molecule is CC(=O)O[C@@H]1OCC[C@@H]1NC[C@@H](CC(C)C)NC(=O)OC1CCCCC1. The van der Waals surface area contributed by atoms with Gasteiger partial charge in [-0.25, -0.2) is 4.79 Å². The Morgan fingerprint density at radius 1 is 1.12 bits per heavy atom. The molecule has 7 heteroatoms. The molecular formula is C19H34N2O5. The minimum atomic E-state index is -0.554. The molecule has 2 aliphatic rings. The predicted octanol–water partition coefficient (Wildman–Crippen LogP) is 2.73. The number of carbonyl (C=O) groups is 2. The van der Waals surface area contributed by atoms with Crippen molar-refractivity contribution in [2.75, 3.05) is 13.2 Å². The van der Waals surface area contributed by atoms with Crippen molar-refractivity contribution >= 4 is 12.1 Å². The van der Waals surface area contributed by atoms with Crippen molar-refractivity contribution in [3.05, 3.63) is 0 Å². The molecule has 1 heterocycles. The maximum absolute atomic E-state index is 12.3. The molecule has 0 bridgehead atoms. The number of nitrogens with one attached hydrogen (secondary N) is 2. The van der Waals surface area contributed by atoms with Crippen molar-refractivity contribution in [1.29, 1.82) is 0 Å². The molecule has 1 aliphatic carbocycles. The summed E-state index contributed by atoms with van der Waals surface area (Å²) >= 11 is 0. The van der Waals surface area contributed by atoms with E-state index in [1.165, 1.54) is 13.3 Å². The number of ether oxygens (including phenoxy) is 3. The van der Waals surface area contributed by atoms with Crippen molar-refractivity contribution in [2.24, 2.45) is 5.92 Å². The molecule has 2 N–H and O–H groups in total. The highest BCUT2D eigenvalue weighted by Gasteiger charge is 2.31. The number of rotatable bonds is 8. The van der Waals surface area contributed by atoms with Crippen molar-refractivity contribution < 1.29 is 23.8 Å². The summed E-state index contributed by atoms with van der Waals surface area (Å²) in [4.78, 5) is 23.4. The maximum Gasteiger partial charge on any atom is 0.407 e. The second-order valence-corrected chi connectivity index (χ2v) is 7.79. The molecule has 0 aromatic rings. The van der Waals surface area contributed by atoms with E-state index in [9.17, 15) is 9.59 Å². The van der Waals surface area contributed by atoms with Crippen LogP contribution in [-0.4, -0.2) is 49.7 Å². The van der Waals surface area contributed by atoms with Gasteiger partial charge in [-0.05, 0) is 44.4 Å². The van der Waals surface area contributed by atoms with Crippen LogP contribution in [0, 0.1) is 5.92 Å². The van der Waals surface area contributed by atoms with Crippen LogP contribution in [0.4, 0.5) is 4.79 Å². The van der Waals surface area contributed by atoms with Gasteiger partial charge in [0.15, 0.2) is 0 Å². The Morgan fingerprint density at radius 3 is 2.50 bits per heavy atom. The number of hydrogen-bond acceptors (Lipinski definition) is 6. The molecular weight excluding hydrogens is 336 g/mol. The van der Waals surface area contributed by atoms with Crippen molar-refractivity contribution in [1.82, 2.24) is 10.6 Å². The molecule has 0 spiro atoms. The Morgan fingerprint density at radius 2 is 1.85 bits per heavy atom. The monoisotopic (exact) mass is 370 g/mol. The normalized spacial score (nSPS) is 25.1. The van der Waals surface area contributed by atoms with Crippen LogP contribution in [0.1, 0.15) is 65.7 Å². The minimum Gasteiger partial charge on any atom is -0.446 e. The van der Waals surface area contributed by atoms with Gasteiger partial charge in [0, 0.05) is 19.5 Å². The zero-order valence-corrected chi connectivity index (χ0v) is 16.3. The molecule has 7 nitrogen and oxygen atoms in total. The van der Waals surface area contributed by atoms with Crippen LogP contribution in [0.2, 0.25) is 0 Å². The smallest absolute Gasteiger partial charge is 0.407 e. The van der Waals surface area contributed by atoms with E-state index in [1.54, 1.807) is 0 Å². The zero-order valence-electron chi connectivity index (χ0n) is 16.3. The fourth-order valence-corrected chi connectivity index (χ4v) is 3.63. The summed E-state index contributed by atoms with van der Waals surface area (Å²) in [6, 6.07) is -0.0885. The first-order valence-corrected chi connectivity index (χ1v) is 9.93. The van der Waals surface area contributed by atoms with Crippen LogP contribution in [0.15, 0.2) is 0 Å². The molecule has 0 radical (unpaired) electrons. The van der Waals surface area contributed by atoms with Gasteiger partial charge >= 0.3 is 12.1 Å². The number of esters is 1. The standard InChI is InChI=1S/C19H34N2O5/c1-13(2)11-15(21-19(23)26-16-7-5-4-6-8-16)12-20-17-9-10-24-18(17)25-14(3)22/h13,15-18,20H,4-12H2,1-3H3,(H,21,23)/t15-,17+,18+/m1/s1. The highest BCUT2D eigenvalue weighted by Crippen LogP contribution is 2.20. The Hall–Kier alpha value is -1.34. The summed E-state index contributed by atoms with van der Waals surface area (Å²) in [5.41, 5.74) is 0. The molecule has 2 fully saturated rings. The second kappa shape index (κ2) is 10.7. The van der Waals surface area contributed by atoms with E-state index in [0.29, 0.717) is 19.1 Å². The van der Waals surface area contributed by atoms with Gasteiger partial charge in [-0.15, -0.1) is 0 Å². The molecule has 1 aliphatic heterocycles. The summed E-state index contributed by atoms with van der Waals surface area (Å²) in [6.45, 7) is 6.78. The van der Waals surface area contributed by atoms with Gasteiger partial charge in [0.25, 0.3) is 0 Å². The van der Waals surface area contributed by atoms with Gasteiger partial charge in [-0.1, -0.05) is 20.3 Å². The molecule has 3 atom stereocenters. The van der Waals surface area contributed by atoms with Crippen LogP contribution in [0.3, 0.4) is 0 Å². The topological polar surface area (TPSA) is 85.9 Å². The van der Waals surface area contributed by atoms with E-state index in [0.717, 1.165) is 38.5 Å². The summed E-state index contributed by atoms with van der Waals surface area (Å²) in [6.07, 6.45) is 6.21. The van der Waals surface area contributed by atoms with E-state index in [2.05, 4.69) is 24.5 Å². The average Bonchev–Trinajstić information content (AvgIpc) is 2.99.